The molecule has 24 heavy (non-hydrogen) atoms. The third-order valence-electron chi connectivity index (χ3n) is 4.10. The maximum Gasteiger partial charge on any atom is 0.341 e. The molecule has 0 bridgehead atoms. The molecule has 0 heterocycles. The predicted molar refractivity (Wildman–Crippen MR) is 89.2 cm³/mol. The fourth-order valence-corrected chi connectivity index (χ4v) is 3.00. The first-order valence-electron chi connectivity index (χ1n) is 7.96. The van der Waals surface area contributed by atoms with Crippen LogP contribution in [0.3, 0.4) is 0 Å². The average Bonchev–Trinajstić information content (AvgIpc) is 3.07. The molecule has 2 aromatic rings. The van der Waals surface area contributed by atoms with E-state index in [1.54, 1.807) is 18.2 Å². The first-order chi connectivity index (χ1) is 11.6. The van der Waals surface area contributed by atoms with Crippen molar-refractivity contribution < 1.29 is 19.4 Å². The molecule has 2 N–H and O–H groups in total. The van der Waals surface area contributed by atoms with E-state index in [1.165, 1.54) is 5.56 Å². The lowest BCUT2D eigenvalue weighted by atomic mass is 10.0. The maximum atomic E-state index is 12.5. The summed E-state index contributed by atoms with van der Waals surface area (Å²) in [6, 6.07) is 13.0. The third kappa shape index (κ3) is 3.74. The molecule has 0 atom stereocenters. The summed E-state index contributed by atoms with van der Waals surface area (Å²) in [4.78, 5) is 23.0. The zero-order valence-corrected chi connectivity index (χ0v) is 13.2. The zero-order valence-electron chi connectivity index (χ0n) is 13.2. The summed E-state index contributed by atoms with van der Waals surface area (Å²) in [7, 11) is 0. The number of carboxylic acid groups (broad SMARTS) is 1. The number of rotatable bonds is 6. The summed E-state index contributed by atoms with van der Waals surface area (Å²) in [5.41, 5.74) is 4.04. The minimum absolute atomic E-state index is 0.0781. The van der Waals surface area contributed by atoms with Gasteiger partial charge in [0, 0.05) is 12.1 Å². The van der Waals surface area contributed by atoms with Crippen LogP contribution < -0.4 is 10.1 Å². The Balaban J connectivity index is 1.64. The SMILES string of the molecule is O=C(O)COc1cccc(CNC(=O)c2cccc3c2CCC3)c1. The normalized spacial score (nSPS) is 12.5. The van der Waals surface area contributed by atoms with Crippen molar-refractivity contribution in [1.82, 2.24) is 5.32 Å². The van der Waals surface area contributed by atoms with Crippen LogP contribution in [0, 0.1) is 0 Å². The molecular weight excluding hydrogens is 306 g/mol. The third-order valence-corrected chi connectivity index (χ3v) is 4.10. The fourth-order valence-electron chi connectivity index (χ4n) is 3.00. The van der Waals surface area contributed by atoms with Gasteiger partial charge in [-0.3, -0.25) is 4.79 Å². The van der Waals surface area contributed by atoms with E-state index >= 15 is 0 Å². The molecule has 2 aromatic carbocycles. The standard InChI is InChI=1S/C19H19NO4/c21-18(22)12-24-15-7-1-4-13(10-15)11-20-19(23)17-9-3-6-14-5-2-8-16(14)17/h1,3-4,6-7,9-10H,2,5,8,11-12H2,(H,20,23)(H,21,22). The number of aliphatic carboxylic acids is 1. The van der Waals surface area contributed by atoms with Crippen LogP contribution in [0.4, 0.5) is 0 Å². The Kier molecular flexibility index (Phi) is 4.79. The van der Waals surface area contributed by atoms with Gasteiger partial charge in [0.1, 0.15) is 5.75 Å². The molecule has 5 heteroatoms. The first kappa shape index (κ1) is 16.1. The van der Waals surface area contributed by atoms with E-state index in [9.17, 15) is 9.59 Å². The van der Waals surface area contributed by atoms with Crippen LogP contribution in [0.15, 0.2) is 42.5 Å². The van der Waals surface area contributed by atoms with Gasteiger partial charge in [-0.1, -0.05) is 24.3 Å². The van der Waals surface area contributed by atoms with Crippen LogP contribution in [0.25, 0.3) is 0 Å². The Morgan fingerprint density at radius 3 is 2.79 bits per heavy atom. The molecule has 0 radical (unpaired) electrons. The van der Waals surface area contributed by atoms with Crippen molar-refractivity contribution in [2.45, 2.75) is 25.8 Å². The lowest BCUT2D eigenvalue weighted by molar-refractivity contribution is -0.139. The molecule has 5 nitrogen and oxygen atoms in total. The number of benzene rings is 2. The van der Waals surface area contributed by atoms with E-state index in [0.29, 0.717) is 12.3 Å². The Labute approximate surface area is 140 Å². The zero-order chi connectivity index (χ0) is 16.9. The van der Waals surface area contributed by atoms with E-state index in [0.717, 1.165) is 36.0 Å². The van der Waals surface area contributed by atoms with Gasteiger partial charge in [0.15, 0.2) is 6.61 Å². The van der Waals surface area contributed by atoms with Crippen LogP contribution in [0.5, 0.6) is 5.75 Å². The largest absolute Gasteiger partial charge is 0.482 e. The highest BCUT2D eigenvalue weighted by Gasteiger charge is 2.18. The number of hydrogen-bond acceptors (Lipinski definition) is 3. The van der Waals surface area contributed by atoms with Gasteiger partial charge in [-0.05, 0) is 54.2 Å². The lowest BCUT2D eigenvalue weighted by Crippen LogP contribution is -2.24. The quantitative estimate of drug-likeness (QED) is 0.856. The van der Waals surface area contributed by atoms with Crippen molar-refractivity contribution in [3.05, 3.63) is 64.7 Å². The van der Waals surface area contributed by atoms with Crippen molar-refractivity contribution in [3.63, 3.8) is 0 Å². The molecule has 0 aliphatic heterocycles. The second-order valence-electron chi connectivity index (χ2n) is 5.81. The van der Waals surface area contributed by atoms with Gasteiger partial charge < -0.3 is 15.2 Å². The van der Waals surface area contributed by atoms with Gasteiger partial charge in [0.2, 0.25) is 0 Å². The lowest BCUT2D eigenvalue weighted by Gasteiger charge is -2.10. The van der Waals surface area contributed by atoms with E-state index in [2.05, 4.69) is 11.4 Å². The molecule has 0 aromatic heterocycles. The van der Waals surface area contributed by atoms with Crippen LogP contribution in [-0.4, -0.2) is 23.6 Å². The van der Waals surface area contributed by atoms with Crippen molar-refractivity contribution in [3.8, 4) is 5.75 Å². The number of amides is 1. The minimum Gasteiger partial charge on any atom is -0.482 e. The van der Waals surface area contributed by atoms with Crippen molar-refractivity contribution in [1.29, 1.82) is 0 Å². The Morgan fingerprint density at radius 2 is 1.96 bits per heavy atom. The second kappa shape index (κ2) is 7.17. The van der Waals surface area contributed by atoms with Crippen LogP contribution in [-0.2, 0) is 24.2 Å². The van der Waals surface area contributed by atoms with Gasteiger partial charge in [-0.15, -0.1) is 0 Å². The summed E-state index contributed by atoms with van der Waals surface area (Å²) < 4.78 is 5.15. The van der Waals surface area contributed by atoms with Crippen LogP contribution >= 0.6 is 0 Å². The highest BCUT2D eigenvalue weighted by Crippen LogP contribution is 2.25. The molecule has 3 rings (SSSR count). The number of nitrogens with one attached hydrogen (secondary N) is 1. The monoisotopic (exact) mass is 325 g/mol. The number of fused-ring (bicyclic) bond motifs is 1. The highest BCUT2D eigenvalue weighted by atomic mass is 16.5. The topological polar surface area (TPSA) is 75.6 Å². The van der Waals surface area contributed by atoms with E-state index < -0.39 is 5.97 Å². The number of carboxylic acids is 1. The predicted octanol–water partition coefficient (Wildman–Crippen LogP) is 2.57. The Hall–Kier alpha value is -2.82. The second-order valence-corrected chi connectivity index (χ2v) is 5.81. The maximum absolute atomic E-state index is 12.5. The molecule has 0 unspecified atom stereocenters. The van der Waals surface area contributed by atoms with Crippen LogP contribution in [0.1, 0.15) is 33.5 Å². The number of ether oxygens (including phenoxy) is 1. The van der Waals surface area contributed by atoms with E-state index in [1.807, 2.05) is 18.2 Å². The molecule has 0 spiro atoms. The van der Waals surface area contributed by atoms with Crippen molar-refractivity contribution >= 4 is 11.9 Å². The number of carbonyl (C=O) groups excluding carboxylic acids is 1. The Morgan fingerprint density at radius 1 is 1.12 bits per heavy atom. The summed E-state index contributed by atoms with van der Waals surface area (Å²) in [5.74, 6) is -0.623. The molecule has 0 saturated heterocycles. The molecule has 1 aliphatic rings. The van der Waals surface area contributed by atoms with E-state index in [-0.39, 0.29) is 12.5 Å². The molecule has 1 aliphatic carbocycles. The molecular formula is C19H19NO4. The minimum atomic E-state index is -1.02. The summed E-state index contributed by atoms with van der Waals surface area (Å²) in [6.45, 7) is -0.0151. The van der Waals surface area contributed by atoms with Crippen molar-refractivity contribution in [2.75, 3.05) is 6.61 Å². The molecule has 0 saturated carbocycles. The average molecular weight is 325 g/mol. The fraction of sp³-hybridized carbons (Fsp3) is 0.263. The summed E-state index contributed by atoms with van der Waals surface area (Å²) >= 11 is 0. The number of hydrogen-bond donors (Lipinski definition) is 2. The van der Waals surface area contributed by atoms with Gasteiger partial charge in [-0.25, -0.2) is 4.79 Å². The van der Waals surface area contributed by atoms with Gasteiger partial charge >= 0.3 is 5.97 Å². The van der Waals surface area contributed by atoms with Crippen molar-refractivity contribution in [2.24, 2.45) is 0 Å². The van der Waals surface area contributed by atoms with E-state index in [4.69, 9.17) is 9.84 Å². The Bertz CT molecular complexity index is 770. The summed E-state index contributed by atoms with van der Waals surface area (Å²) in [6.07, 6.45) is 3.10. The number of carbonyl (C=O) groups is 2. The van der Waals surface area contributed by atoms with Gasteiger partial charge in [-0.2, -0.15) is 0 Å². The smallest absolute Gasteiger partial charge is 0.341 e. The number of aryl methyl sites for hydroxylation is 1. The highest BCUT2D eigenvalue weighted by molar-refractivity contribution is 5.96. The first-order valence-corrected chi connectivity index (χ1v) is 7.96. The van der Waals surface area contributed by atoms with Gasteiger partial charge in [0.25, 0.3) is 5.91 Å². The van der Waals surface area contributed by atoms with Crippen LogP contribution in [0.2, 0.25) is 0 Å². The molecule has 0 fully saturated rings. The summed E-state index contributed by atoms with van der Waals surface area (Å²) in [5, 5.41) is 11.6. The van der Waals surface area contributed by atoms with Gasteiger partial charge in [0.05, 0.1) is 0 Å². The molecule has 1 amide bonds. The molecule has 124 valence electrons.